The minimum atomic E-state index is -0.931. The fraction of sp³-hybridized carbons (Fsp3) is 0.133. The minimum absolute atomic E-state index is 0. The van der Waals surface area contributed by atoms with Crippen LogP contribution in [0.15, 0.2) is 42.5 Å². The summed E-state index contributed by atoms with van der Waals surface area (Å²) in [6, 6.07) is 12.0. The molecule has 0 aliphatic heterocycles. The van der Waals surface area contributed by atoms with Crippen molar-refractivity contribution in [2.45, 2.75) is 14.4 Å². The van der Waals surface area contributed by atoms with Gasteiger partial charge in [0.05, 0.1) is 16.8 Å². The maximum absolute atomic E-state index is 12.0. The van der Waals surface area contributed by atoms with E-state index >= 15 is 0 Å². The van der Waals surface area contributed by atoms with Gasteiger partial charge in [0.1, 0.15) is 0 Å². The predicted molar refractivity (Wildman–Crippen MR) is 93.8 cm³/mol. The van der Waals surface area contributed by atoms with Crippen LogP contribution < -0.4 is 5.32 Å². The molecule has 0 aliphatic carbocycles. The van der Waals surface area contributed by atoms with Crippen LogP contribution in [-0.2, 0) is 15.1 Å². The van der Waals surface area contributed by atoms with Gasteiger partial charge >= 0.3 is 40.2 Å². The number of nitrogens with one attached hydrogen (secondary N) is 1. The Bertz CT molecular complexity index is 690. The number of amides is 1. The van der Waals surface area contributed by atoms with Gasteiger partial charge in [-0.1, -0.05) is 37.2 Å². The average molecular weight is 425 g/mol. The Morgan fingerprint density at radius 1 is 1.22 bits per heavy atom. The van der Waals surface area contributed by atoms with Crippen LogP contribution >= 0.6 is 31.0 Å². The Labute approximate surface area is 156 Å². The number of anilines is 1. The number of rotatable bonds is 2. The molecule has 1 N–H and O–H groups in total. The van der Waals surface area contributed by atoms with Crippen molar-refractivity contribution in [2.75, 3.05) is 5.32 Å². The summed E-state index contributed by atoms with van der Waals surface area (Å²) in [5.41, 5.74) is 2.13. The molecule has 0 radical (unpaired) electrons. The summed E-state index contributed by atoms with van der Waals surface area (Å²) in [7, 11) is 9.90. The van der Waals surface area contributed by atoms with Gasteiger partial charge in [-0.2, -0.15) is 0 Å². The Balaban J connectivity index is 0.00000112. The van der Waals surface area contributed by atoms with Crippen molar-refractivity contribution in [1.29, 1.82) is 5.39 Å². The summed E-state index contributed by atoms with van der Waals surface area (Å²) in [5.74, 6) is -0.240. The molecule has 0 fully saturated rings. The van der Waals surface area contributed by atoms with Gasteiger partial charge in [-0.05, 0) is 25.1 Å². The molecule has 118 valence electrons. The third kappa shape index (κ3) is 6.85. The van der Waals surface area contributed by atoms with Crippen LogP contribution in [0.1, 0.15) is 23.3 Å². The Hall–Kier alpha value is -1.18. The van der Waals surface area contributed by atoms with E-state index in [2.05, 4.69) is 10.3 Å². The third-order valence-corrected chi connectivity index (χ3v) is 2.99. The van der Waals surface area contributed by atoms with Crippen LogP contribution in [0.25, 0.3) is 4.98 Å². The fourth-order valence-electron chi connectivity index (χ4n) is 1.66. The van der Waals surface area contributed by atoms with Gasteiger partial charge in [-0.3, -0.25) is 4.79 Å². The number of benzene rings is 2. The molecule has 8 heteroatoms. The van der Waals surface area contributed by atoms with Gasteiger partial charge in [0.15, 0.2) is 4.98 Å². The summed E-state index contributed by atoms with van der Waals surface area (Å²) < 4.78 is 0. The van der Waals surface area contributed by atoms with E-state index in [0.717, 1.165) is 5.56 Å². The molecule has 1 amide bonds. The van der Waals surface area contributed by atoms with Crippen LogP contribution in [-0.4, -0.2) is 5.91 Å². The molecule has 2 rings (SSSR count). The molecule has 0 atom stereocenters. The van der Waals surface area contributed by atoms with Gasteiger partial charge in [-0.25, -0.2) is 0 Å². The molecule has 0 unspecified atom stereocenters. The van der Waals surface area contributed by atoms with Crippen LogP contribution in [0.3, 0.4) is 0 Å². The standard InChI is InChI=1S/C14H10ClN3O.CH4.2ClH.Zn/c1-9-7-13(11(15)8-12(9)18-16)17-14(19)10-5-3-2-4-6-10;;;;/h2-8H,1H3;1H4;2*1H;/q;;;;+2/p-1. The summed E-state index contributed by atoms with van der Waals surface area (Å²) in [6.07, 6.45) is 0. The second kappa shape index (κ2) is 11.4. The van der Waals surface area contributed by atoms with E-state index in [0.29, 0.717) is 22.0 Å². The number of carbonyl (C=O) groups excluding carboxylic acids is 1. The Morgan fingerprint density at radius 2 is 1.78 bits per heavy atom. The van der Waals surface area contributed by atoms with E-state index in [4.69, 9.17) is 36.4 Å². The number of diazo groups is 1. The number of hydrogen-bond acceptors (Lipinski definition) is 2. The first-order valence-electron chi connectivity index (χ1n) is 6.17. The van der Waals surface area contributed by atoms with Gasteiger partial charge in [0, 0.05) is 11.1 Å². The second-order valence-electron chi connectivity index (χ2n) is 4.14. The molecule has 23 heavy (non-hydrogen) atoms. The molecule has 0 bridgehead atoms. The van der Waals surface area contributed by atoms with Crippen LogP contribution in [0, 0.1) is 12.3 Å². The number of nitrogens with zero attached hydrogens (tertiary/aromatic N) is 2. The van der Waals surface area contributed by atoms with E-state index in [9.17, 15) is 4.79 Å². The molecule has 2 aromatic rings. The summed E-state index contributed by atoms with van der Waals surface area (Å²) in [6.45, 7) is 1.77. The second-order valence-corrected chi connectivity index (χ2v) is 9.17. The Kier molecular flexibility index (Phi) is 10.8. The van der Waals surface area contributed by atoms with E-state index < -0.39 is 15.1 Å². The summed E-state index contributed by atoms with van der Waals surface area (Å²) >= 11 is 5.10. The summed E-state index contributed by atoms with van der Waals surface area (Å²) in [5, 5.41) is 11.8. The molecule has 0 heterocycles. The molecule has 0 spiro atoms. The van der Waals surface area contributed by atoms with Crippen molar-refractivity contribution in [3.63, 3.8) is 0 Å². The van der Waals surface area contributed by atoms with Gasteiger partial charge < -0.3 is 5.32 Å². The topological polar surface area (TPSA) is 57.2 Å². The van der Waals surface area contributed by atoms with Crippen molar-refractivity contribution in [1.82, 2.24) is 0 Å². The molecule has 0 saturated carbocycles. The van der Waals surface area contributed by atoms with Crippen molar-refractivity contribution < 1.29 is 19.9 Å². The van der Waals surface area contributed by atoms with Crippen molar-refractivity contribution in [2.24, 2.45) is 0 Å². The van der Waals surface area contributed by atoms with Crippen molar-refractivity contribution in [3.05, 3.63) is 63.6 Å². The van der Waals surface area contributed by atoms with Gasteiger partial charge in [-0.15, -0.1) is 0 Å². The molecule has 0 aromatic heterocycles. The van der Waals surface area contributed by atoms with Crippen LogP contribution in [0.4, 0.5) is 11.4 Å². The normalized spacial score (nSPS) is 8.48. The average Bonchev–Trinajstić information content (AvgIpc) is 2.52. The molecule has 0 saturated heterocycles. The monoisotopic (exact) mass is 422 g/mol. The zero-order valence-corrected chi connectivity index (χ0v) is 16.9. The quantitative estimate of drug-likeness (QED) is 0.448. The first kappa shape index (κ1) is 21.8. The molecular weight excluding hydrogens is 410 g/mol. The van der Waals surface area contributed by atoms with Crippen LogP contribution in [0.2, 0.25) is 5.02 Å². The first-order valence-corrected chi connectivity index (χ1v) is 14.3. The molecule has 0 aliphatic rings. The third-order valence-electron chi connectivity index (χ3n) is 2.68. The Morgan fingerprint density at radius 3 is 2.30 bits per heavy atom. The zero-order chi connectivity index (χ0) is 16.5. The SMILES string of the molecule is C.Cc1cc(NC(=O)c2ccccc2)c(Cl)cc1[N+]#N.[Cl][Zn][Cl]. The van der Waals surface area contributed by atoms with E-state index in [1.807, 2.05) is 6.07 Å². The first-order chi connectivity index (χ1) is 10.5. The fourth-order valence-corrected chi connectivity index (χ4v) is 1.86. The van der Waals surface area contributed by atoms with Crippen molar-refractivity contribution in [3.8, 4) is 0 Å². The van der Waals surface area contributed by atoms with E-state index in [1.165, 1.54) is 6.07 Å². The summed E-state index contributed by atoms with van der Waals surface area (Å²) in [4.78, 5) is 15.1. The number of aryl methyl sites for hydroxylation is 1. The maximum atomic E-state index is 12.0. The number of hydrogen-bond donors (Lipinski definition) is 1. The number of halogens is 3. The predicted octanol–water partition coefficient (Wildman–Crippen LogP) is 6.40. The van der Waals surface area contributed by atoms with E-state index in [1.54, 1.807) is 37.3 Å². The number of carbonyl (C=O) groups is 1. The zero-order valence-electron chi connectivity index (χ0n) is 11.7. The van der Waals surface area contributed by atoms with Crippen molar-refractivity contribution >= 4 is 48.3 Å². The van der Waals surface area contributed by atoms with E-state index in [-0.39, 0.29) is 13.3 Å². The van der Waals surface area contributed by atoms with Gasteiger partial charge in [0.25, 0.3) is 5.91 Å². The molecular formula is C15H15Cl3N3OZn+. The van der Waals surface area contributed by atoms with Crippen LogP contribution in [0.5, 0.6) is 0 Å². The van der Waals surface area contributed by atoms with Gasteiger partial charge in [0.2, 0.25) is 5.39 Å². The molecule has 2 aromatic carbocycles. The molecule has 4 nitrogen and oxygen atoms in total.